The molecule has 0 spiro atoms. The summed E-state index contributed by atoms with van der Waals surface area (Å²) in [5.41, 5.74) is 1.22. The van der Waals surface area contributed by atoms with Gasteiger partial charge in [-0.15, -0.1) is 0 Å². The maximum atomic E-state index is 12.7. The highest BCUT2D eigenvalue weighted by molar-refractivity contribution is 5.78. The van der Waals surface area contributed by atoms with E-state index in [9.17, 15) is 18.0 Å². The van der Waals surface area contributed by atoms with E-state index < -0.39 is 12.1 Å². The van der Waals surface area contributed by atoms with Crippen molar-refractivity contribution in [3.63, 3.8) is 0 Å². The first-order valence-electron chi connectivity index (χ1n) is 9.69. The lowest BCUT2D eigenvalue weighted by Crippen LogP contribution is -2.45. The van der Waals surface area contributed by atoms with Crippen molar-refractivity contribution >= 4 is 11.9 Å². The molecule has 4 heterocycles. The number of pyridine rings is 1. The van der Waals surface area contributed by atoms with Gasteiger partial charge in [0.1, 0.15) is 0 Å². The number of amides is 1. The highest BCUT2D eigenvalue weighted by Gasteiger charge is 2.45. The van der Waals surface area contributed by atoms with Crippen LogP contribution < -0.4 is 0 Å². The van der Waals surface area contributed by atoms with Crippen LogP contribution in [-0.2, 0) is 25.7 Å². The van der Waals surface area contributed by atoms with Gasteiger partial charge in [0.05, 0.1) is 32.3 Å². The van der Waals surface area contributed by atoms with Gasteiger partial charge in [0.15, 0.2) is 0 Å². The third-order valence-electron chi connectivity index (χ3n) is 5.40. The molecule has 3 saturated heterocycles. The highest BCUT2D eigenvalue weighted by atomic mass is 19.4. The third-order valence-corrected chi connectivity index (χ3v) is 5.40. The Hall–Kier alpha value is -2.24. The molecule has 8 nitrogen and oxygen atoms in total. The molecule has 0 aliphatic carbocycles. The molecule has 1 amide bonds. The van der Waals surface area contributed by atoms with Gasteiger partial charge >= 0.3 is 12.1 Å². The smallest absolute Gasteiger partial charge is 0.475 e. The molecule has 3 fully saturated rings. The zero-order valence-corrected chi connectivity index (χ0v) is 16.3. The molecule has 0 unspecified atom stereocenters. The predicted molar refractivity (Wildman–Crippen MR) is 96.8 cm³/mol. The molecule has 0 bridgehead atoms. The summed E-state index contributed by atoms with van der Waals surface area (Å²) in [6.07, 6.45) is -0.439. The second-order valence-corrected chi connectivity index (χ2v) is 7.55. The van der Waals surface area contributed by atoms with Crippen LogP contribution >= 0.6 is 0 Å². The fraction of sp³-hybridized carbons (Fsp3) is 0.632. The molecule has 0 saturated carbocycles. The average Bonchev–Trinajstić information content (AvgIpc) is 3.37. The molecule has 1 aromatic heterocycles. The maximum Gasteiger partial charge on any atom is 0.490 e. The number of carbonyl (C=O) groups is 2. The van der Waals surface area contributed by atoms with Gasteiger partial charge in [-0.1, -0.05) is 6.07 Å². The number of hydroxylamine groups is 2. The lowest BCUT2D eigenvalue weighted by atomic mass is 9.82. The van der Waals surface area contributed by atoms with Gasteiger partial charge < -0.3 is 9.84 Å². The number of fused-ring (bicyclic) bond motifs is 1. The Balaban J connectivity index is 0.000000318. The second kappa shape index (κ2) is 9.71. The van der Waals surface area contributed by atoms with E-state index in [4.69, 9.17) is 19.5 Å². The number of alkyl halides is 3. The van der Waals surface area contributed by atoms with E-state index in [1.165, 1.54) is 5.56 Å². The Kier molecular flexibility index (Phi) is 7.27. The Labute approximate surface area is 171 Å². The summed E-state index contributed by atoms with van der Waals surface area (Å²) >= 11 is 0. The summed E-state index contributed by atoms with van der Waals surface area (Å²) < 4.78 is 37.5. The number of halogens is 3. The molecular weight excluding hydrogens is 407 g/mol. The lowest BCUT2D eigenvalue weighted by molar-refractivity contribution is -0.192. The van der Waals surface area contributed by atoms with Gasteiger partial charge in [-0.2, -0.15) is 13.2 Å². The van der Waals surface area contributed by atoms with Crippen molar-refractivity contribution < 1.29 is 37.4 Å². The van der Waals surface area contributed by atoms with Gasteiger partial charge in [-0.05, 0) is 29.9 Å². The SMILES string of the molecule is O=C(O)C(F)(F)F.O=C([C@H]1COC[C@H]2CN(Cc3cccnc3)C[C@H]21)N1CCCO1. The van der Waals surface area contributed by atoms with Crippen molar-refractivity contribution in [2.24, 2.45) is 17.8 Å². The van der Waals surface area contributed by atoms with E-state index in [0.29, 0.717) is 31.6 Å². The van der Waals surface area contributed by atoms with Gasteiger partial charge in [0.2, 0.25) is 0 Å². The van der Waals surface area contributed by atoms with Gasteiger partial charge in [0, 0.05) is 32.0 Å². The minimum atomic E-state index is -5.08. The van der Waals surface area contributed by atoms with Gasteiger partial charge in [-0.25, -0.2) is 9.86 Å². The number of nitrogens with zero attached hydrogens (tertiary/aromatic N) is 3. The van der Waals surface area contributed by atoms with Crippen LogP contribution in [0, 0.1) is 17.8 Å². The molecule has 3 atom stereocenters. The number of hydrogen-bond acceptors (Lipinski definition) is 6. The van der Waals surface area contributed by atoms with E-state index in [2.05, 4.69) is 16.0 Å². The number of carboxylic acid groups (broad SMARTS) is 1. The third kappa shape index (κ3) is 5.67. The van der Waals surface area contributed by atoms with E-state index in [-0.39, 0.29) is 11.8 Å². The number of hydrogen-bond donors (Lipinski definition) is 1. The number of ether oxygens (including phenoxy) is 1. The molecule has 11 heteroatoms. The van der Waals surface area contributed by atoms with Crippen LogP contribution in [0.25, 0.3) is 0 Å². The molecule has 30 heavy (non-hydrogen) atoms. The molecule has 0 radical (unpaired) electrons. The minimum Gasteiger partial charge on any atom is -0.475 e. The first-order valence-corrected chi connectivity index (χ1v) is 9.69. The second-order valence-electron chi connectivity index (χ2n) is 7.55. The van der Waals surface area contributed by atoms with E-state index in [1.807, 2.05) is 12.3 Å². The van der Waals surface area contributed by atoms with Crippen LogP contribution in [0.1, 0.15) is 12.0 Å². The number of rotatable bonds is 3. The first kappa shape index (κ1) is 22.4. The van der Waals surface area contributed by atoms with Crippen molar-refractivity contribution in [1.29, 1.82) is 0 Å². The summed E-state index contributed by atoms with van der Waals surface area (Å²) in [4.78, 5) is 33.6. The summed E-state index contributed by atoms with van der Waals surface area (Å²) in [7, 11) is 0. The molecule has 1 aromatic rings. The highest BCUT2D eigenvalue weighted by Crippen LogP contribution is 2.36. The zero-order chi connectivity index (χ0) is 21.7. The topological polar surface area (TPSA) is 92.2 Å². The Morgan fingerprint density at radius 2 is 2.03 bits per heavy atom. The zero-order valence-electron chi connectivity index (χ0n) is 16.3. The molecule has 1 N–H and O–H groups in total. The summed E-state index contributed by atoms with van der Waals surface area (Å²) in [5, 5.41) is 8.68. The number of carbonyl (C=O) groups excluding carboxylic acids is 1. The Bertz CT molecular complexity index is 728. The first-order chi connectivity index (χ1) is 14.3. The van der Waals surface area contributed by atoms with Crippen molar-refractivity contribution in [1.82, 2.24) is 14.9 Å². The fourth-order valence-corrected chi connectivity index (χ4v) is 4.03. The predicted octanol–water partition coefficient (Wildman–Crippen LogP) is 1.57. The van der Waals surface area contributed by atoms with Crippen LogP contribution in [-0.4, -0.2) is 77.6 Å². The van der Waals surface area contributed by atoms with E-state index in [1.54, 1.807) is 11.3 Å². The van der Waals surface area contributed by atoms with Crippen molar-refractivity contribution in [3.05, 3.63) is 30.1 Å². The molecular formula is C19H24F3N3O5. The Morgan fingerprint density at radius 3 is 2.63 bits per heavy atom. The summed E-state index contributed by atoms with van der Waals surface area (Å²) in [6.45, 7) is 5.49. The number of aliphatic carboxylic acids is 1. The number of carboxylic acids is 1. The van der Waals surface area contributed by atoms with E-state index >= 15 is 0 Å². The molecule has 3 aliphatic heterocycles. The number of aromatic nitrogens is 1. The normalized spacial score (nSPS) is 26.6. The molecule has 0 aromatic carbocycles. The van der Waals surface area contributed by atoms with Gasteiger partial charge in [-0.3, -0.25) is 19.5 Å². The van der Waals surface area contributed by atoms with Crippen LogP contribution in [0.15, 0.2) is 24.5 Å². The standard InChI is InChI=1S/C17H23N3O3.C2HF3O2/c21-17(20-5-2-6-23-20)16-12-22-11-14-9-19(10-15(14)16)8-13-3-1-4-18-7-13;3-2(4,5)1(6)7/h1,3-4,7,14-16H,2,5-6,8-12H2;(H,6,7)/t14-,15-,16+;/m1./s1. The van der Waals surface area contributed by atoms with Crippen molar-refractivity contribution in [2.45, 2.75) is 19.1 Å². The van der Waals surface area contributed by atoms with Crippen LogP contribution in [0.4, 0.5) is 13.2 Å². The molecule has 166 valence electrons. The fourth-order valence-electron chi connectivity index (χ4n) is 4.03. The van der Waals surface area contributed by atoms with Gasteiger partial charge in [0.25, 0.3) is 5.91 Å². The summed E-state index contributed by atoms with van der Waals surface area (Å²) in [6, 6.07) is 4.07. The minimum absolute atomic E-state index is 0.0641. The number of likely N-dealkylation sites (tertiary alicyclic amines) is 1. The van der Waals surface area contributed by atoms with Crippen LogP contribution in [0.5, 0.6) is 0 Å². The van der Waals surface area contributed by atoms with E-state index in [0.717, 1.165) is 32.7 Å². The van der Waals surface area contributed by atoms with Crippen molar-refractivity contribution in [3.8, 4) is 0 Å². The molecule has 3 aliphatic rings. The summed E-state index contributed by atoms with van der Waals surface area (Å²) in [5.74, 6) is -1.90. The van der Waals surface area contributed by atoms with Crippen molar-refractivity contribution in [2.75, 3.05) is 39.5 Å². The maximum absolute atomic E-state index is 12.7. The largest absolute Gasteiger partial charge is 0.490 e. The quantitative estimate of drug-likeness (QED) is 0.777. The monoisotopic (exact) mass is 431 g/mol. The lowest BCUT2D eigenvalue weighted by Gasteiger charge is -2.33. The Morgan fingerprint density at radius 1 is 1.27 bits per heavy atom. The van der Waals surface area contributed by atoms with Crippen LogP contribution in [0.2, 0.25) is 0 Å². The average molecular weight is 431 g/mol. The molecule has 4 rings (SSSR count). The van der Waals surface area contributed by atoms with Crippen LogP contribution in [0.3, 0.4) is 0 Å².